The number of ether oxygens (including phenoxy) is 1. The van der Waals surface area contributed by atoms with Crippen LogP contribution in [0.5, 0.6) is 5.75 Å². The minimum absolute atomic E-state index is 0.0417. The van der Waals surface area contributed by atoms with Crippen molar-refractivity contribution in [2.45, 2.75) is 6.92 Å². The Morgan fingerprint density at radius 2 is 1.70 bits per heavy atom. The van der Waals surface area contributed by atoms with Crippen molar-refractivity contribution >= 4 is 23.5 Å². The van der Waals surface area contributed by atoms with Crippen LogP contribution >= 0.6 is 0 Å². The predicted molar refractivity (Wildman–Crippen MR) is 86.3 cm³/mol. The first-order chi connectivity index (χ1) is 11.0. The quantitative estimate of drug-likeness (QED) is 0.675. The standard InChI is InChI=1S/C15H22N4O4/c1-4-19(10-14(21)18-15(22)16-2)9-13(20)17-11-5-7-12(23-3)8-6-11/h5-8H,4,9-10H2,1-3H3,(H,17,20)(H2,16,18,21,22). The van der Waals surface area contributed by atoms with E-state index in [4.69, 9.17) is 4.74 Å². The lowest BCUT2D eigenvalue weighted by atomic mass is 10.3. The Bertz CT molecular complexity index is 545. The fourth-order valence-electron chi connectivity index (χ4n) is 1.79. The van der Waals surface area contributed by atoms with Gasteiger partial charge in [-0.3, -0.25) is 19.8 Å². The van der Waals surface area contributed by atoms with Crippen molar-refractivity contribution in [3.8, 4) is 5.75 Å². The molecular formula is C15H22N4O4. The summed E-state index contributed by atoms with van der Waals surface area (Å²) in [6, 6.07) is 6.36. The van der Waals surface area contributed by atoms with Crippen molar-refractivity contribution in [3.63, 3.8) is 0 Å². The summed E-state index contributed by atoms with van der Waals surface area (Å²) in [5, 5.41) is 7.18. The van der Waals surface area contributed by atoms with Gasteiger partial charge in [0.1, 0.15) is 5.75 Å². The Hall–Kier alpha value is -2.61. The number of anilines is 1. The number of nitrogens with one attached hydrogen (secondary N) is 3. The summed E-state index contributed by atoms with van der Waals surface area (Å²) in [4.78, 5) is 36.3. The third kappa shape index (κ3) is 6.79. The van der Waals surface area contributed by atoms with E-state index in [1.165, 1.54) is 7.05 Å². The highest BCUT2D eigenvalue weighted by atomic mass is 16.5. The lowest BCUT2D eigenvalue weighted by Gasteiger charge is -2.19. The first-order valence-electron chi connectivity index (χ1n) is 7.16. The molecule has 8 heteroatoms. The number of rotatable bonds is 7. The van der Waals surface area contributed by atoms with Crippen LogP contribution in [0.1, 0.15) is 6.92 Å². The van der Waals surface area contributed by atoms with Crippen LogP contribution in [0, 0.1) is 0 Å². The summed E-state index contributed by atoms with van der Waals surface area (Å²) in [5.41, 5.74) is 0.640. The molecule has 126 valence electrons. The minimum atomic E-state index is -0.575. The lowest BCUT2D eigenvalue weighted by molar-refractivity contribution is -0.122. The van der Waals surface area contributed by atoms with Gasteiger partial charge in [0.05, 0.1) is 20.2 Å². The fourth-order valence-corrected chi connectivity index (χ4v) is 1.79. The molecule has 8 nitrogen and oxygen atoms in total. The topological polar surface area (TPSA) is 99.8 Å². The Morgan fingerprint density at radius 3 is 2.22 bits per heavy atom. The number of methoxy groups -OCH3 is 1. The Morgan fingerprint density at radius 1 is 1.09 bits per heavy atom. The second-order valence-electron chi connectivity index (χ2n) is 4.71. The molecule has 0 atom stereocenters. The van der Waals surface area contributed by atoms with Gasteiger partial charge in [0.2, 0.25) is 11.8 Å². The normalized spacial score (nSPS) is 10.1. The number of carbonyl (C=O) groups is 3. The molecule has 0 aliphatic heterocycles. The van der Waals surface area contributed by atoms with Gasteiger partial charge in [-0.2, -0.15) is 0 Å². The summed E-state index contributed by atoms with van der Waals surface area (Å²) in [6.45, 7) is 2.33. The van der Waals surface area contributed by atoms with E-state index in [1.54, 1.807) is 36.3 Å². The van der Waals surface area contributed by atoms with E-state index in [0.29, 0.717) is 18.0 Å². The van der Waals surface area contributed by atoms with E-state index >= 15 is 0 Å². The van der Waals surface area contributed by atoms with Crippen LogP contribution < -0.4 is 20.7 Å². The molecule has 0 radical (unpaired) electrons. The SMILES string of the molecule is CCN(CC(=O)NC(=O)NC)CC(=O)Nc1ccc(OC)cc1. The molecule has 0 heterocycles. The average Bonchev–Trinajstić information content (AvgIpc) is 2.54. The molecule has 0 saturated carbocycles. The van der Waals surface area contributed by atoms with Crippen LogP contribution in [0.15, 0.2) is 24.3 Å². The number of hydrogen-bond donors (Lipinski definition) is 3. The van der Waals surface area contributed by atoms with Gasteiger partial charge >= 0.3 is 6.03 Å². The molecule has 0 aromatic heterocycles. The summed E-state index contributed by atoms with van der Waals surface area (Å²) in [7, 11) is 2.99. The third-order valence-electron chi connectivity index (χ3n) is 3.04. The maximum Gasteiger partial charge on any atom is 0.321 e. The Labute approximate surface area is 135 Å². The van der Waals surface area contributed by atoms with Crippen molar-refractivity contribution < 1.29 is 19.1 Å². The largest absolute Gasteiger partial charge is 0.497 e. The zero-order chi connectivity index (χ0) is 17.2. The number of nitrogens with zero attached hydrogens (tertiary/aromatic N) is 1. The van der Waals surface area contributed by atoms with Crippen LogP contribution in [-0.4, -0.2) is 56.5 Å². The minimum Gasteiger partial charge on any atom is -0.497 e. The van der Waals surface area contributed by atoms with E-state index in [0.717, 1.165) is 0 Å². The molecule has 0 fully saturated rings. The molecule has 3 N–H and O–H groups in total. The van der Waals surface area contributed by atoms with Gasteiger partial charge in [0, 0.05) is 12.7 Å². The smallest absolute Gasteiger partial charge is 0.321 e. The number of amides is 4. The van der Waals surface area contributed by atoms with E-state index in [1.807, 2.05) is 6.92 Å². The summed E-state index contributed by atoms with van der Waals surface area (Å²) in [5.74, 6) is -0.0164. The van der Waals surface area contributed by atoms with Crippen LogP contribution in [0.3, 0.4) is 0 Å². The number of benzene rings is 1. The van der Waals surface area contributed by atoms with E-state index < -0.39 is 11.9 Å². The van der Waals surface area contributed by atoms with Gasteiger partial charge in [-0.25, -0.2) is 4.79 Å². The predicted octanol–water partition coefficient (Wildman–Crippen LogP) is 0.411. The van der Waals surface area contributed by atoms with Gasteiger partial charge in [-0.05, 0) is 30.8 Å². The second kappa shape index (κ2) is 9.42. The van der Waals surface area contributed by atoms with Crippen molar-refractivity contribution in [2.24, 2.45) is 0 Å². The first kappa shape index (κ1) is 18.4. The van der Waals surface area contributed by atoms with Crippen molar-refractivity contribution in [1.82, 2.24) is 15.5 Å². The fraction of sp³-hybridized carbons (Fsp3) is 0.400. The molecule has 0 bridgehead atoms. The van der Waals surface area contributed by atoms with Crippen LogP contribution in [-0.2, 0) is 9.59 Å². The molecular weight excluding hydrogens is 300 g/mol. The average molecular weight is 322 g/mol. The number of urea groups is 1. The van der Waals surface area contributed by atoms with Gasteiger partial charge in [-0.15, -0.1) is 0 Å². The van der Waals surface area contributed by atoms with E-state index in [-0.39, 0.29) is 19.0 Å². The van der Waals surface area contributed by atoms with Crippen LogP contribution in [0.25, 0.3) is 0 Å². The van der Waals surface area contributed by atoms with Gasteiger partial charge < -0.3 is 15.4 Å². The highest BCUT2D eigenvalue weighted by Crippen LogP contribution is 2.14. The summed E-state index contributed by atoms with van der Waals surface area (Å²) >= 11 is 0. The maximum atomic E-state index is 12.0. The van der Waals surface area contributed by atoms with Crippen molar-refractivity contribution in [1.29, 1.82) is 0 Å². The van der Waals surface area contributed by atoms with E-state index in [2.05, 4.69) is 16.0 Å². The molecule has 1 aromatic carbocycles. The second-order valence-corrected chi connectivity index (χ2v) is 4.71. The molecule has 0 spiro atoms. The summed E-state index contributed by atoms with van der Waals surface area (Å²) in [6.07, 6.45) is 0. The van der Waals surface area contributed by atoms with Crippen LogP contribution in [0.2, 0.25) is 0 Å². The van der Waals surface area contributed by atoms with Gasteiger partial charge in [-0.1, -0.05) is 6.92 Å². The molecule has 0 aliphatic carbocycles. The first-order valence-corrected chi connectivity index (χ1v) is 7.16. The zero-order valence-corrected chi connectivity index (χ0v) is 13.5. The van der Waals surface area contributed by atoms with Gasteiger partial charge in [0.25, 0.3) is 0 Å². The van der Waals surface area contributed by atoms with Crippen molar-refractivity contribution in [2.75, 3.05) is 39.1 Å². The van der Waals surface area contributed by atoms with Gasteiger partial charge in [0.15, 0.2) is 0 Å². The molecule has 0 aliphatic rings. The number of carbonyl (C=O) groups excluding carboxylic acids is 3. The number of likely N-dealkylation sites (N-methyl/N-ethyl adjacent to an activating group) is 1. The highest BCUT2D eigenvalue weighted by molar-refractivity contribution is 5.96. The lowest BCUT2D eigenvalue weighted by Crippen LogP contribution is -2.45. The Kier molecular flexibility index (Phi) is 7.55. The molecule has 1 rings (SSSR count). The number of hydrogen-bond acceptors (Lipinski definition) is 5. The number of imide groups is 1. The Balaban J connectivity index is 2.48. The van der Waals surface area contributed by atoms with Crippen molar-refractivity contribution in [3.05, 3.63) is 24.3 Å². The zero-order valence-electron chi connectivity index (χ0n) is 13.5. The molecule has 0 saturated heterocycles. The van der Waals surface area contributed by atoms with E-state index in [9.17, 15) is 14.4 Å². The monoisotopic (exact) mass is 322 g/mol. The molecule has 23 heavy (non-hydrogen) atoms. The van der Waals surface area contributed by atoms with Crippen LogP contribution in [0.4, 0.5) is 10.5 Å². The summed E-state index contributed by atoms with van der Waals surface area (Å²) < 4.78 is 5.04. The molecule has 0 unspecified atom stereocenters. The molecule has 1 aromatic rings. The molecule has 4 amide bonds. The third-order valence-corrected chi connectivity index (χ3v) is 3.04. The maximum absolute atomic E-state index is 12.0. The highest BCUT2D eigenvalue weighted by Gasteiger charge is 2.14.